The smallest absolute Gasteiger partial charge is 0.176 e. The van der Waals surface area contributed by atoms with E-state index in [0.717, 1.165) is 11.9 Å². The molecule has 0 aliphatic carbocycles. The topological polar surface area (TPSA) is 51.6 Å². The number of nitrogens with zero attached hydrogens (tertiary/aromatic N) is 1. The summed E-state index contributed by atoms with van der Waals surface area (Å²) < 4.78 is 0. The van der Waals surface area contributed by atoms with Gasteiger partial charge in [-0.25, -0.2) is 0 Å². The second-order valence-corrected chi connectivity index (χ2v) is 3.15. The molecule has 0 bridgehead atoms. The van der Waals surface area contributed by atoms with E-state index >= 15 is 0 Å². The number of benzene rings is 1. The van der Waals surface area contributed by atoms with E-state index in [1.807, 2.05) is 24.5 Å². The van der Waals surface area contributed by atoms with Crippen LogP contribution in [-0.2, 0) is 6.42 Å². The molecule has 2 aromatic rings. The summed E-state index contributed by atoms with van der Waals surface area (Å²) in [7, 11) is 0. The van der Waals surface area contributed by atoms with Crippen LogP contribution >= 0.6 is 0 Å². The highest BCUT2D eigenvalue weighted by Gasteiger charge is 2.01. The van der Waals surface area contributed by atoms with Gasteiger partial charge in [-0.15, -0.1) is 0 Å². The van der Waals surface area contributed by atoms with Crippen LogP contribution in [0.3, 0.4) is 0 Å². The fraction of sp³-hybridized carbons (Fsp3) is 0.182. The Morgan fingerprint density at radius 1 is 1.36 bits per heavy atom. The molecule has 2 rings (SSSR count). The van der Waals surface area contributed by atoms with Gasteiger partial charge in [0.05, 0.1) is 0 Å². The van der Waals surface area contributed by atoms with Crippen molar-refractivity contribution >= 4 is 10.9 Å². The molecule has 0 spiro atoms. The highest BCUT2D eigenvalue weighted by atomic mass is 14.8. The molecule has 0 aliphatic rings. The molecule has 1 heterocycles. The molecular weight excluding hydrogens is 174 g/mol. The molecule has 0 atom stereocenters. The number of aromatic nitrogens is 1. The summed E-state index contributed by atoms with van der Waals surface area (Å²) in [6, 6.07) is 8.18. The number of aromatic amines is 1. The average molecular weight is 185 g/mol. The fourth-order valence-electron chi connectivity index (χ4n) is 1.59. The molecule has 3 heteroatoms. The van der Waals surface area contributed by atoms with Crippen LogP contribution in [0.25, 0.3) is 10.9 Å². The van der Waals surface area contributed by atoms with Gasteiger partial charge in [0.2, 0.25) is 0 Å². The van der Waals surface area contributed by atoms with Crippen molar-refractivity contribution in [2.24, 2.45) is 0 Å². The first-order valence-electron chi connectivity index (χ1n) is 4.59. The lowest BCUT2D eigenvalue weighted by atomic mass is 10.1. The molecule has 14 heavy (non-hydrogen) atoms. The Bertz CT molecular complexity index is 465. The Kier molecular flexibility index (Phi) is 2.37. The van der Waals surface area contributed by atoms with E-state index < -0.39 is 0 Å². The lowest BCUT2D eigenvalue weighted by Crippen LogP contribution is -2.09. The third kappa shape index (κ3) is 1.55. The van der Waals surface area contributed by atoms with Gasteiger partial charge in [-0.05, 0) is 18.1 Å². The lowest BCUT2D eigenvalue weighted by Gasteiger charge is -1.96. The fourth-order valence-corrected chi connectivity index (χ4v) is 1.59. The Hall–Kier alpha value is -1.95. The SMILES string of the molecule is N#CNCCc1c[nH]c2ccccc12. The molecule has 2 N–H and O–H groups in total. The van der Waals surface area contributed by atoms with E-state index in [2.05, 4.69) is 22.4 Å². The first-order valence-corrected chi connectivity index (χ1v) is 4.59. The van der Waals surface area contributed by atoms with E-state index in [4.69, 9.17) is 5.26 Å². The van der Waals surface area contributed by atoms with Gasteiger partial charge in [0.25, 0.3) is 0 Å². The number of H-pyrrole nitrogens is 1. The van der Waals surface area contributed by atoms with Gasteiger partial charge < -0.3 is 10.3 Å². The van der Waals surface area contributed by atoms with Crippen LogP contribution in [0.15, 0.2) is 30.5 Å². The predicted octanol–water partition coefficient (Wildman–Crippen LogP) is 1.78. The maximum absolute atomic E-state index is 8.34. The summed E-state index contributed by atoms with van der Waals surface area (Å²) in [6.07, 6.45) is 4.79. The first-order chi connectivity index (χ1) is 6.92. The van der Waals surface area contributed by atoms with Crippen LogP contribution in [-0.4, -0.2) is 11.5 Å². The highest BCUT2D eigenvalue weighted by Crippen LogP contribution is 2.17. The molecule has 70 valence electrons. The summed E-state index contributed by atoms with van der Waals surface area (Å²) in [6.45, 7) is 0.693. The van der Waals surface area contributed by atoms with Gasteiger partial charge >= 0.3 is 0 Å². The summed E-state index contributed by atoms with van der Waals surface area (Å²) in [5.41, 5.74) is 2.41. The number of nitrogens with one attached hydrogen (secondary N) is 2. The third-order valence-electron chi connectivity index (χ3n) is 2.27. The minimum absolute atomic E-state index is 0.693. The van der Waals surface area contributed by atoms with E-state index in [-0.39, 0.29) is 0 Å². The van der Waals surface area contributed by atoms with E-state index in [1.165, 1.54) is 10.9 Å². The Balaban J connectivity index is 2.22. The van der Waals surface area contributed by atoms with Crippen molar-refractivity contribution in [2.75, 3.05) is 6.54 Å². The van der Waals surface area contributed by atoms with E-state index in [0.29, 0.717) is 6.54 Å². The Morgan fingerprint density at radius 2 is 2.21 bits per heavy atom. The second-order valence-electron chi connectivity index (χ2n) is 3.15. The zero-order chi connectivity index (χ0) is 9.80. The maximum Gasteiger partial charge on any atom is 0.176 e. The van der Waals surface area contributed by atoms with Crippen molar-refractivity contribution in [3.63, 3.8) is 0 Å². The lowest BCUT2D eigenvalue weighted by molar-refractivity contribution is 0.847. The standard InChI is InChI=1S/C11H11N3/c12-8-13-6-5-9-7-14-11-4-2-1-3-10(9)11/h1-4,7,13-14H,5-6H2. The van der Waals surface area contributed by atoms with Gasteiger partial charge in [0.15, 0.2) is 6.19 Å². The predicted molar refractivity (Wildman–Crippen MR) is 55.6 cm³/mol. The van der Waals surface area contributed by atoms with E-state index in [1.54, 1.807) is 0 Å². The van der Waals surface area contributed by atoms with Crippen molar-refractivity contribution in [1.82, 2.24) is 10.3 Å². The van der Waals surface area contributed by atoms with Crippen LogP contribution in [0.1, 0.15) is 5.56 Å². The maximum atomic E-state index is 8.34. The molecule has 0 aliphatic heterocycles. The third-order valence-corrected chi connectivity index (χ3v) is 2.27. The molecule has 0 unspecified atom stereocenters. The minimum atomic E-state index is 0.693. The summed E-state index contributed by atoms with van der Waals surface area (Å²) in [4.78, 5) is 3.20. The van der Waals surface area contributed by atoms with Crippen molar-refractivity contribution in [2.45, 2.75) is 6.42 Å². The molecule has 3 nitrogen and oxygen atoms in total. The van der Waals surface area contributed by atoms with E-state index in [9.17, 15) is 0 Å². The van der Waals surface area contributed by atoms with Crippen LogP contribution in [0.2, 0.25) is 0 Å². The van der Waals surface area contributed by atoms with Crippen LogP contribution in [0.4, 0.5) is 0 Å². The molecule has 1 aromatic heterocycles. The highest BCUT2D eigenvalue weighted by molar-refractivity contribution is 5.83. The van der Waals surface area contributed by atoms with Gasteiger partial charge in [-0.3, -0.25) is 0 Å². The van der Waals surface area contributed by atoms with Gasteiger partial charge in [0.1, 0.15) is 0 Å². The minimum Gasteiger partial charge on any atom is -0.361 e. The molecule has 0 saturated carbocycles. The normalized spacial score (nSPS) is 9.93. The zero-order valence-electron chi connectivity index (χ0n) is 7.75. The van der Waals surface area contributed by atoms with Crippen LogP contribution < -0.4 is 5.32 Å². The summed E-state index contributed by atoms with van der Waals surface area (Å²) >= 11 is 0. The Morgan fingerprint density at radius 3 is 3.07 bits per heavy atom. The van der Waals surface area contributed by atoms with Crippen molar-refractivity contribution in [3.05, 3.63) is 36.0 Å². The second kappa shape index (κ2) is 3.84. The van der Waals surface area contributed by atoms with Crippen LogP contribution in [0.5, 0.6) is 0 Å². The van der Waals surface area contributed by atoms with Gasteiger partial charge in [-0.2, -0.15) is 5.26 Å². The quantitative estimate of drug-likeness (QED) is 0.435. The van der Waals surface area contributed by atoms with Gasteiger partial charge in [-0.1, -0.05) is 18.2 Å². The molecule has 0 fully saturated rings. The number of hydrogen-bond acceptors (Lipinski definition) is 2. The van der Waals surface area contributed by atoms with Crippen molar-refractivity contribution in [3.8, 4) is 6.19 Å². The zero-order valence-corrected chi connectivity index (χ0v) is 7.75. The molecule has 0 radical (unpaired) electrons. The number of nitriles is 1. The molecule has 0 amide bonds. The molecule has 1 aromatic carbocycles. The van der Waals surface area contributed by atoms with Gasteiger partial charge in [0, 0.05) is 23.6 Å². The largest absolute Gasteiger partial charge is 0.361 e. The number of rotatable bonds is 3. The number of para-hydroxylation sites is 1. The number of hydrogen-bond donors (Lipinski definition) is 2. The monoisotopic (exact) mass is 185 g/mol. The molecular formula is C11H11N3. The summed E-state index contributed by atoms with van der Waals surface area (Å²) in [5.74, 6) is 0. The number of fused-ring (bicyclic) bond motifs is 1. The van der Waals surface area contributed by atoms with Crippen molar-refractivity contribution in [1.29, 1.82) is 5.26 Å². The molecule has 0 saturated heterocycles. The van der Waals surface area contributed by atoms with Crippen LogP contribution in [0, 0.1) is 11.5 Å². The van der Waals surface area contributed by atoms with Crippen molar-refractivity contribution < 1.29 is 0 Å². The summed E-state index contributed by atoms with van der Waals surface area (Å²) in [5, 5.41) is 12.2. The average Bonchev–Trinajstić information content (AvgIpc) is 2.63. The Labute approximate surface area is 82.4 Å². The first kappa shape index (κ1) is 8.64.